The van der Waals surface area contributed by atoms with E-state index in [1.807, 2.05) is 35.2 Å². The summed E-state index contributed by atoms with van der Waals surface area (Å²) in [6.45, 7) is 1.51. The first-order chi connectivity index (χ1) is 15.4. The van der Waals surface area contributed by atoms with E-state index in [1.165, 1.54) is 19.1 Å². The molecular formula is C25H22N2O5. The molecule has 7 heteroatoms. The van der Waals surface area contributed by atoms with E-state index in [1.54, 1.807) is 37.4 Å². The molecule has 0 amide bonds. The average Bonchev–Trinajstić information content (AvgIpc) is 2.79. The highest BCUT2D eigenvalue weighted by atomic mass is 16.6. The van der Waals surface area contributed by atoms with Crippen LogP contribution in [-0.4, -0.2) is 22.9 Å². The lowest BCUT2D eigenvalue weighted by atomic mass is 9.88. The summed E-state index contributed by atoms with van der Waals surface area (Å²) in [5.74, 6) is 0.810. The Morgan fingerprint density at radius 3 is 2.38 bits per heavy atom. The van der Waals surface area contributed by atoms with Crippen molar-refractivity contribution in [1.29, 1.82) is 0 Å². The van der Waals surface area contributed by atoms with E-state index in [2.05, 4.69) is 0 Å². The smallest absolute Gasteiger partial charge is 0.269 e. The van der Waals surface area contributed by atoms with E-state index in [0.29, 0.717) is 5.56 Å². The van der Waals surface area contributed by atoms with Crippen LogP contribution >= 0.6 is 0 Å². The monoisotopic (exact) mass is 430 g/mol. The zero-order chi connectivity index (χ0) is 22.8. The third-order valence-corrected chi connectivity index (χ3v) is 5.50. The van der Waals surface area contributed by atoms with Crippen LogP contribution in [0.15, 0.2) is 66.7 Å². The van der Waals surface area contributed by atoms with Gasteiger partial charge in [-0.25, -0.2) is 0 Å². The Bertz CT molecular complexity index is 1200. The second kappa shape index (κ2) is 8.55. The van der Waals surface area contributed by atoms with Crippen molar-refractivity contribution in [2.45, 2.75) is 19.4 Å². The number of nitro groups is 1. The fourth-order valence-electron chi connectivity index (χ4n) is 4.01. The van der Waals surface area contributed by atoms with Crippen LogP contribution in [0, 0.1) is 10.1 Å². The lowest BCUT2D eigenvalue weighted by molar-refractivity contribution is -0.384. The van der Waals surface area contributed by atoms with Crippen LogP contribution in [0.3, 0.4) is 0 Å². The SMILES string of the molecule is COc1ccc(C2=Cc3ccc([N+](=O)[O-])cc3C(CC(C)=O)N2c2ccc(O)cc2)cc1. The third kappa shape index (κ3) is 4.05. The first-order valence-corrected chi connectivity index (χ1v) is 10.1. The summed E-state index contributed by atoms with van der Waals surface area (Å²) < 4.78 is 5.28. The molecule has 1 N–H and O–H groups in total. The Morgan fingerprint density at radius 1 is 1.09 bits per heavy atom. The number of phenols is 1. The number of ketones is 1. The molecule has 4 rings (SSSR count). The lowest BCUT2D eigenvalue weighted by Gasteiger charge is -2.39. The molecule has 1 aliphatic heterocycles. The average molecular weight is 430 g/mol. The van der Waals surface area contributed by atoms with Gasteiger partial charge in [-0.05, 0) is 84.3 Å². The summed E-state index contributed by atoms with van der Waals surface area (Å²) in [5, 5.41) is 21.2. The molecule has 1 atom stereocenters. The second-order valence-electron chi connectivity index (χ2n) is 7.64. The minimum atomic E-state index is -0.450. The zero-order valence-electron chi connectivity index (χ0n) is 17.7. The van der Waals surface area contributed by atoms with Gasteiger partial charge in [-0.3, -0.25) is 14.9 Å². The van der Waals surface area contributed by atoms with Crippen LogP contribution in [0.1, 0.15) is 36.1 Å². The highest BCUT2D eigenvalue weighted by Crippen LogP contribution is 2.44. The number of methoxy groups -OCH3 is 1. The highest BCUT2D eigenvalue weighted by Gasteiger charge is 2.32. The number of phenolic OH excluding ortho intramolecular Hbond substituents is 1. The minimum absolute atomic E-state index is 0.0238. The number of non-ortho nitro benzene ring substituents is 1. The Balaban J connectivity index is 1.95. The molecule has 0 radical (unpaired) electrons. The Kier molecular flexibility index (Phi) is 5.64. The molecule has 0 aromatic heterocycles. The molecule has 1 aliphatic rings. The van der Waals surface area contributed by atoms with E-state index in [4.69, 9.17) is 4.74 Å². The van der Waals surface area contributed by atoms with Crippen molar-refractivity contribution < 1.29 is 19.6 Å². The molecule has 0 saturated carbocycles. The van der Waals surface area contributed by atoms with E-state index < -0.39 is 11.0 Å². The molecule has 3 aromatic rings. The van der Waals surface area contributed by atoms with Gasteiger partial charge in [-0.2, -0.15) is 0 Å². The minimum Gasteiger partial charge on any atom is -0.508 e. The van der Waals surface area contributed by atoms with Crippen molar-refractivity contribution in [3.05, 3.63) is 93.5 Å². The molecule has 7 nitrogen and oxygen atoms in total. The van der Waals surface area contributed by atoms with Crippen LogP contribution in [0.5, 0.6) is 11.5 Å². The van der Waals surface area contributed by atoms with Crippen LogP contribution in [0.2, 0.25) is 0 Å². The van der Waals surface area contributed by atoms with Gasteiger partial charge in [0.15, 0.2) is 0 Å². The van der Waals surface area contributed by atoms with Crippen molar-refractivity contribution in [1.82, 2.24) is 0 Å². The number of benzene rings is 3. The Labute approximate surface area is 185 Å². The number of carbonyl (C=O) groups is 1. The van der Waals surface area contributed by atoms with Gasteiger partial charge in [-0.15, -0.1) is 0 Å². The van der Waals surface area contributed by atoms with Crippen molar-refractivity contribution in [3.8, 4) is 11.5 Å². The van der Waals surface area contributed by atoms with Crippen LogP contribution in [-0.2, 0) is 4.79 Å². The lowest BCUT2D eigenvalue weighted by Crippen LogP contribution is -2.31. The maximum Gasteiger partial charge on any atom is 0.269 e. The van der Waals surface area contributed by atoms with Gasteiger partial charge in [-0.1, -0.05) is 0 Å². The number of fused-ring (bicyclic) bond motifs is 1. The molecule has 0 saturated heterocycles. The third-order valence-electron chi connectivity index (χ3n) is 5.50. The molecule has 0 aliphatic carbocycles. The van der Waals surface area contributed by atoms with Gasteiger partial charge in [0.2, 0.25) is 0 Å². The number of hydrogen-bond donors (Lipinski definition) is 1. The van der Waals surface area contributed by atoms with Crippen molar-refractivity contribution in [2.24, 2.45) is 0 Å². The van der Waals surface area contributed by atoms with E-state index in [9.17, 15) is 20.0 Å². The van der Waals surface area contributed by atoms with Crippen molar-refractivity contribution >= 4 is 28.9 Å². The van der Waals surface area contributed by atoms with Crippen molar-refractivity contribution in [2.75, 3.05) is 12.0 Å². The van der Waals surface area contributed by atoms with Gasteiger partial charge < -0.3 is 14.7 Å². The summed E-state index contributed by atoms with van der Waals surface area (Å²) in [6.07, 6.45) is 2.13. The zero-order valence-corrected chi connectivity index (χ0v) is 17.7. The number of ether oxygens (including phenoxy) is 1. The molecule has 0 spiro atoms. The molecule has 0 bridgehead atoms. The first-order valence-electron chi connectivity index (χ1n) is 10.1. The number of nitro benzene ring substituents is 1. The van der Waals surface area contributed by atoms with Crippen molar-refractivity contribution in [3.63, 3.8) is 0 Å². The Morgan fingerprint density at radius 2 is 1.78 bits per heavy atom. The predicted molar refractivity (Wildman–Crippen MR) is 123 cm³/mol. The normalized spacial score (nSPS) is 15.0. The molecule has 1 unspecified atom stereocenters. The fraction of sp³-hybridized carbons (Fsp3) is 0.160. The molecule has 1 heterocycles. The molecular weight excluding hydrogens is 408 g/mol. The summed E-state index contributed by atoms with van der Waals surface area (Å²) in [7, 11) is 1.60. The Hall–Kier alpha value is -4.13. The summed E-state index contributed by atoms with van der Waals surface area (Å²) >= 11 is 0. The fourth-order valence-corrected chi connectivity index (χ4v) is 4.01. The van der Waals surface area contributed by atoms with Crippen LogP contribution < -0.4 is 9.64 Å². The first kappa shape index (κ1) is 21.1. The van der Waals surface area contributed by atoms with Gasteiger partial charge in [0.1, 0.15) is 17.3 Å². The standard InChI is InChI=1S/C25H22N2O5/c1-16(28)13-25-23-15-20(27(30)31)6-3-18(23)14-24(17-4-11-22(32-2)12-5-17)26(25)19-7-9-21(29)10-8-19/h3-12,14-15,25,29H,13H2,1-2H3. The summed E-state index contributed by atoms with van der Waals surface area (Å²) in [4.78, 5) is 25.2. The number of anilines is 1. The van der Waals surface area contributed by atoms with Gasteiger partial charge in [0.05, 0.1) is 18.1 Å². The number of hydrogen-bond acceptors (Lipinski definition) is 6. The second-order valence-corrected chi connectivity index (χ2v) is 7.64. The van der Waals surface area contributed by atoms with E-state index in [-0.39, 0.29) is 23.6 Å². The topological polar surface area (TPSA) is 92.9 Å². The predicted octanol–water partition coefficient (Wildman–Crippen LogP) is 5.35. The van der Waals surface area contributed by atoms with Gasteiger partial charge in [0, 0.05) is 29.9 Å². The van der Waals surface area contributed by atoms with E-state index >= 15 is 0 Å². The number of Topliss-reactive ketones (excluding diaryl/α,β-unsaturated/α-hetero) is 1. The van der Waals surface area contributed by atoms with Crippen LogP contribution in [0.25, 0.3) is 11.8 Å². The van der Waals surface area contributed by atoms with Gasteiger partial charge >= 0.3 is 0 Å². The largest absolute Gasteiger partial charge is 0.508 e. The molecule has 3 aromatic carbocycles. The maximum atomic E-state index is 12.3. The number of nitrogens with zero attached hydrogens (tertiary/aromatic N) is 2. The molecule has 0 fully saturated rings. The number of carbonyl (C=O) groups excluding carboxylic acids is 1. The highest BCUT2D eigenvalue weighted by molar-refractivity contribution is 5.95. The van der Waals surface area contributed by atoms with E-state index in [0.717, 1.165) is 28.3 Å². The van der Waals surface area contributed by atoms with Gasteiger partial charge in [0.25, 0.3) is 5.69 Å². The number of aromatic hydroxyl groups is 1. The number of rotatable bonds is 6. The molecule has 162 valence electrons. The summed E-state index contributed by atoms with van der Waals surface area (Å²) in [5.41, 5.74) is 4.00. The van der Waals surface area contributed by atoms with Crippen LogP contribution in [0.4, 0.5) is 11.4 Å². The quantitative estimate of drug-likeness (QED) is 0.419. The summed E-state index contributed by atoms with van der Waals surface area (Å²) in [6, 6.07) is 18.5. The maximum absolute atomic E-state index is 12.3. The molecule has 32 heavy (non-hydrogen) atoms.